The van der Waals surface area contributed by atoms with Gasteiger partial charge in [0.2, 0.25) is 0 Å². The molecule has 0 aliphatic rings. The first-order chi connectivity index (χ1) is 6.84. The van der Waals surface area contributed by atoms with Gasteiger partial charge in [0.15, 0.2) is 0 Å². The quantitative estimate of drug-likeness (QED) is 0.813. The van der Waals surface area contributed by atoms with E-state index in [-0.39, 0.29) is 12.4 Å². The number of benzene rings is 1. The molecule has 0 aliphatic carbocycles. The number of nitrogen functional groups attached to an aromatic ring is 1. The minimum atomic E-state index is 0. The lowest BCUT2D eigenvalue weighted by Crippen LogP contribution is -1.99. The molecule has 3 nitrogen and oxygen atoms in total. The van der Waals surface area contributed by atoms with Crippen LogP contribution >= 0.6 is 23.7 Å². The molecule has 2 rings (SSSR count). The van der Waals surface area contributed by atoms with Gasteiger partial charge >= 0.3 is 0 Å². The Bertz CT molecular complexity index is 403. The lowest BCUT2D eigenvalue weighted by molar-refractivity contribution is 1.10. The zero-order valence-electron chi connectivity index (χ0n) is 8.01. The van der Waals surface area contributed by atoms with Gasteiger partial charge < -0.3 is 11.1 Å². The molecule has 0 radical (unpaired) electrons. The molecule has 2 aromatic rings. The Kier molecular flexibility index (Phi) is 4.39. The first kappa shape index (κ1) is 11.8. The molecule has 15 heavy (non-hydrogen) atoms. The van der Waals surface area contributed by atoms with Crippen molar-refractivity contribution >= 4 is 35.1 Å². The van der Waals surface area contributed by atoms with Crippen LogP contribution in [0.1, 0.15) is 5.01 Å². The molecular formula is C10H12ClN3S. The van der Waals surface area contributed by atoms with Gasteiger partial charge in [-0.1, -0.05) is 6.07 Å². The van der Waals surface area contributed by atoms with Gasteiger partial charge in [0.1, 0.15) is 5.01 Å². The van der Waals surface area contributed by atoms with Gasteiger partial charge in [-0.3, -0.25) is 0 Å². The first-order valence-electron chi connectivity index (χ1n) is 4.32. The lowest BCUT2D eigenvalue weighted by Gasteiger charge is -2.04. The van der Waals surface area contributed by atoms with Gasteiger partial charge in [-0.15, -0.1) is 23.7 Å². The Balaban J connectivity index is 0.00000112. The number of nitrogens with one attached hydrogen (secondary N) is 1. The van der Waals surface area contributed by atoms with E-state index in [0.29, 0.717) is 0 Å². The summed E-state index contributed by atoms with van der Waals surface area (Å²) in [6.07, 6.45) is 1.81. The third-order valence-electron chi connectivity index (χ3n) is 1.81. The molecule has 0 spiro atoms. The van der Waals surface area contributed by atoms with Gasteiger partial charge in [0.05, 0.1) is 6.54 Å². The van der Waals surface area contributed by atoms with Crippen molar-refractivity contribution in [2.45, 2.75) is 6.54 Å². The molecule has 80 valence electrons. The summed E-state index contributed by atoms with van der Waals surface area (Å²) in [4.78, 5) is 4.18. The number of nitrogens with two attached hydrogens (primary N) is 1. The summed E-state index contributed by atoms with van der Waals surface area (Å²) < 4.78 is 0. The Morgan fingerprint density at radius 2 is 2.27 bits per heavy atom. The van der Waals surface area contributed by atoms with E-state index in [4.69, 9.17) is 5.73 Å². The molecule has 1 heterocycles. The molecule has 0 aliphatic heterocycles. The molecule has 3 N–H and O–H groups in total. The second-order valence-electron chi connectivity index (χ2n) is 2.90. The number of anilines is 2. The van der Waals surface area contributed by atoms with E-state index in [0.717, 1.165) is 22.9 Å². The Morgan fingerprint density at radius 3 is 2.93 bits per heavy atom. The fourth-order valence-electron chi connectivity index (χ4n) is 1.17. The standard InChI is InChI=1S/C10H11N3S.ClH/c11-8-2-1-3-9(6-8)13-7-10-12-4-5-14-10;/h1-6,13H,7,11H2;1H. The molecular weight excluding hydrogens is 230 g/mol. The number of hydrogen-bond donors (Lipinski definition) is 2. The molecule has 0 atom stereocenters. The van der Waals surface area contributed by atoms with Gasteiger partial charge in [-0.05, 0) is 18.2 Å². The highest BCUT2D eigenvalue weighted by Crippen LogP contribution is 2.13. The molecule has 0 amide bonds. The molecule has 1 aromatic heterocycles. The van der Waals surface area contributed by atoms with E-state index in [1.807, 2.05) is 29.6 Å². The Labute approximate surface area is 98.8 Å². The van der Waals surface area contributed by atoms with Crippen molar-refractivity contribution in [2.24, 2.45) is 0 Å². The molecule has 0 bridgehead atoms. The lowest BCUT2D eigenvalue weighted by atomic mass is 10.3. The number of rotatable bonds is 3. The van der Waals surface area contributed by atoms with Crippen molar-refractivity contribution in [3.05, 3.63) is 40.8 Å². The van der Waals surface area contributed by atoms with Crippen molar-refractivity contribution in [3.8, 4) is 0 Å². The average molecular weight is 242 g/mol. The second kappa shape index (κ2) is 5.58. The number of aromatic nitrogens is 1. The predicted molar refractivity (Wildman–Crippen MR) is 67.5 cm³/mol. The van der Waals surface area contributed by atoms with Crippen LogP contribution in [0.3, 0.4) is 0 Å². The highest BCUT2D eigenvalue weighted by Gasteiger charge is 1.95. The fourth-order valence-corrected chi connectivity index (χ4v) is 1.72. The summed E-state index contributed by atoms with van der Waals surface area (Å²) in [5.74, 6) is 0. The van der Waals surface area contributed by atoms with Crippen LogP contribution in [0, 0.1) is 0 Å². The van der Waals surface area contributed by atoms with Crippen molar-refractivity contribution in [3.63, 3.8) is 0 Å². The normalized spacial score (nSPS) is 9.33. The molecule has 0 saturated carbocycles. The molecule has 0 unspecified atom stereocenters. The predicted octanol–water partition coefficient (Wildman–Crippen LogP) is 2.76. The summed E-state index contributed by atoms with van der Waals surface area (Å²) >= 11 is 1.64. The zero-order valence-corrected chi connectivity index (χ0v) is 9.65. The van der Waals surface area contributed by atoms with E-state index < -0.39 is 0 Å². The third kappa shape index (κ3) is 3.42. The summed E-state index contributed by atoms with van der Waals surface area (Å²) in [6, 6.07) is 7.70. The van der Waals surface area contributed by atoms with Crippen molar-refractivity contribution < 1.29 is 0 Å². The third-order valence-corrected chi connectivity index (χ3v) is 2.59. The van der Waals surface area contributed by atoms with Crippen molar-refractivity contribution in [1.82, 2.24) is 4.98 Å². The maximum atomic E-state index is 5.65. The summed E-state index contributed by atoms with van der Waals surface area (Å²) in [7, 11) is 0. The largest absolute Gasteiger partial charge is 0.399 e. The topological polar surface area (TPSA) is 50.9 Å². The monoisotopic (exact) mass is 241 g/mol. The van der Waals surface area contributed by atoms with E-state index in [2.05, 4.69) is 10.3 Å². The van der Waals surface area contributed by atoms with Crippen LogP contribution in [-0.4, -0.2) is 4.98 Å². The Morgan fingerprint density at radius 1 is 1.40 bits per heavy atom. The van der Waals surface area contributed by atoms with Gasteiger partial charge in [0, 0.05) is 23.0 Å². The van der Waals surface area contributed by atoms with E-state index in [1.165, 1.54) is 0 Å². The first-order valence-corrected chi connectivity index (χ1v) is 5.20. The van der Waals surface area contributed by atoms with Crippen LogP contribution < -0.4 is 11.1 Å². The van der Waals surface area contributed by atoms with Gasteiger partial charge in [-0.2, -0.15) is 0 Å². The van der Waals surface area contributed by atoms with Crippen LogP contribution in [0.2, 0.25) is 0 Å². The Hall–Kier alpha value is -1.26. The summed E-state index contributed by atoms with van der Waals surface area (Å²) in [5, 5.41) is 6.30. The van der Waals surface area contributed by atoms with Crippen LogP contribution in [0.5, 0.6) is 0 Å². The molecule has 0 fully saturated rings. The maximum Gasteiger partial charge on any atom is 0.112 e. The number of nitrogens with zero attached hydrogens (tertiary/aromatic N) is 1. The summed E-state index contributed by atoms with van der Waals surface area (Å²) in [5.41, 5.74) is 7.45. The molecule has 5 heteroatoms. The SMILES string of the molecule is Cl.Nc1cccc(NCc2nccs2)c1. The second-order valence-corrected chi connectivity index (χ2v) is 3.88. The van der Waals surface area contributed by atoms with E-state index >= 15 is 0 Å². The van der Waals surface area contributed by atoms with Crippen LogP contribution in [0.15, 0.2) is 35.8 Å². The van der Waals surface area contributed by atoms with Gasteiger partial charge in [0.25, 0.3) is 0 Å². The number of thiazole rings is 1. The minimum absolute atomic E-state index is 0. The maximum absolute atomic E-state index is 5.65. The minimum Gasteiger partial charge on any atom is -0.399 e. The summed E-state index contributed by atoms with van der Waals surface area (Å²) in [6.45, 7) is 0.751. The average Bonchev–Trinajstić information content (AvgIpc) is 2.67. The smallest absolute Gasteiger partial charge is 0.112 e. The van der Waals surface area contributed by atoms with Gasteiger partial charge in [-0.25, -0.2) is 4.98 Å². The number of halogens is 1. The fraction of sp³-hybridized carbons (Fsp3) is 0.100. The number of hydrogen-bond acceptors (Lipinski definition) is 4. The van der Waals surface area contributed by atoms with Crippen molar-refractivity contribution in [1.29, 1.82) is 0 Å². The van der Waals surface area contributed by atoms with Crippen LogP contribution in [-0.2, 0) is 6.54 Å². The molecule has 0 saturated heterocycles. The highest BCUT2D eigenvalue weighted by molar-refractivity contribution is 7.09. The van der Waals surface area contributed by atoms with Crippen LogP contribution in [0.25, 0.3) is 0 Å². The van der Waals surface area contributed by atoms with Crippen molar-refractivity contribution in [2.75, 3.05) is 11.1 Å². The zero-order chi connectivity index (χ0) is 9.80. The highest BCUT2D eigenvalue weighted by atomic mass is 35.5. The molecule has 1 aromatic carbocycles. The van der Waals surface area contributed by atoms with E-state index in [9.17, 15) is 0 Å². The van der Waals surface area contributed by atoms with E-state index in [1.54, 1.807) is 17.5 Å². The van der Waals surface area contributed by atoms with Crippen LogP contribution in [0.4, 0.5) is 11.4 Å².